The molecule has 0 radical (unpaired) electrons. The van der Waals surface area contributed by atoms with Gasteiger partial charge in [-0.05, 0) is 0 Å². The molecule has 3 rings (SSSR count). The number of halogens is 3. The fourth-order valence-corrected chi connectivity index (χ4v) is 1.68. The highest BCUT2D eigenvalue weighted by Crippen LogP contribution is 2.32. The first-order chi connectivity index (χ1) is 8.97. The van der Waals surface area contributed by atoms with E-state index in [2.05, 4.69) is 25.0 Å². The largest absolute Gasteiger partial charge is 0.433 e. The van der Waals surface area contributed by atoms with Crippen molar-refractivity contribution in [2.75, 3.05) is 5.73 Å². The number of hydrogen-bond acceptors (Lipinski definition) is 5. The van der Waals surface area contributed by atoms with E-state index in [0.29, 0.717) is 4.68 Å². The van der Waals surface area contributed by atoms with Crippen molar-refractivity contribution in [2.24, 2.45) is 0 Å². The van der Waals surface area contributed by atoms with E-state index in [1.165, 1.54) is 6.33 Å². The van der Waals surface area contributed by atoms with Crippen LogP contribution in [0.2, 0.25) is 0 Å². The lowest BCUT2D eigenvalue weighted by Gasteiger charge is -2.09. The molecule has 0 aromatic carbocycles. The van der Waals surface area contributed by atoms with Crippen LogP contribution in [-0.2, 0) is 6.18 Å². The molecule has 0 saturated carbocycles. The van der Waals surface area contributed by atoms with Crippen LogP contribution in [0.3, 0.4) is 0 Å². The predicted molar refractivity (Wildman–Crippen MR) is 58.2 cm³/mol. The Bertz CT molecular complexity index is 742. The normalized spacial score (nSPS) is 12.2. The van der Waals surface area contributed by atoms with Crippen LogP contribution in [0.15, 0.2) is 18.7 Å². The first-order valence-electron chi connectivity index (χ1n) is 5.04. The molecule has 0 spiro atoms. The number of alkyl halides is 3. The first-order valence-corrected chi connectivity index (χ1v) is 5.04. The molecule has 0 aliphatic heterocycles. The monoisotopic (exact) mass is 269 g/mol. The van der Waals surface area contributed by atoms with Crippen LogP contribution >= 0.6 is 0 Å². The van der Waals surface area contributed by atoms with Gasteiger partial charge in [0.1, 0.15) is 17.7 Å². The van der Waals surface area contributed by atoms with Crippen molar-refractivity contribution in [1.82, 2.24) is 29.7 Å². The molecule has 0 fully saturated rings. The Morgan fingerprint density at radius 2 is 2.00 bits per heavy atom. The topological polar surface area (TPSA) is 98.3 Å². The van der Waals surface area contributed by atoms with E-state index < -0.39 is 11.9 Å². The van der Waals surface area contributed by atoms with Crippen molar-refractivity contribution < 1.29 is 13.2 Å². The van der Waals surface area contributed by atoms with Gasteiger partial charge in [0.25, 0.3) is 0 Å². The van der Waals surface area contributed by atoms with E-state index in [9.17, 15) is 13.2 Å². The summed E-state index contributed by atoms with van der Waals surface area (Å²) in [4.78, 5) is 14.1. The summed E-state index contributed by atoms with van der Waals surface area (Å²) in [7, 11) is 0. The first kappa shape index (κ1) is 11.4. The lowest BCUT2D eigenvalue weighted by molar-refractivity contribution is -0.142. The highest BCUT2D eigenvalue weighted by Gasteiger charge is 2.37. The summed E-state index contributed by atoms with van der Waals surface area (Å²) in [6, 6.07) is 0.740. The summed E-state index contributed by atoms with van der Waals surface area (Å²) in [6.07, 6.45) is -2.18. The number of aromatic nitrogens is 6. The van der Waals surface area contributed by atoms with Gasteiger partial charge in [0.05, 0.1) is 6.33 Å². The number of anilines is 1. The summed E-state index contributed by atoms with van der Waals surface area (Å²) in [5.41, 5.74) is 4.81. The smallest absolute Gasteiger partial charge is 0.382 e. The number of H-pyrrole nitrogens is 1. The molecule has 98 valence electrons. The second-order valence-corrected chi connectivity index (χ2v) is 3.66. The Balaban J connectivity index is 2.30. The Kier molecular flexibility index (Phi) is 2.21. The fraction of sp³-hybridized carbons (Fsp3) is 0.111. The Labute approximate surface area is 103 Å². The van der Waals surface area contributed by atoms with Crippen molar-refractivity contribution in [2.45, 2.75) is 6.18 Å². The molecule has 3 N–H and O–H groups in total. The molecule has 10 heteroatoms. The van der Waals surface area contributed by atoms with Gasteiger partial charge in [-0.25, -0.2) is 19.6 Å². The summed E-state index contributed by atoms with van der Waals surface area (Å²) >= 11 is 0. The van der Waals surface area contributed by atoms with Crippen LogP contribution in [0.1, 0.15) is 5.69 Å². The molecule has 3 heterocycles. The third kappa shape index (κ3) is 1.77. The van der Waals surface area contributed by atoms with Crippen LogP contribution < -0.4 is 5.73 Å². The minimum absolute atomic E-state index is 0.0634. The standard InChI is InChI=1S/C9H6F3N7/c10-9(11,12)4-1-5(13)18-19(4)8-6-7(15-2-14-6)16-3-17-8/h1-3H,(H2,13,18)(H,14,15,16,17). The van der Waals surface area contributed by atoms with Gasteiger partial charge >= 0.3 is 6.18 Å². The maximum Gasteiger partial charge on any atom is 0.433 e. The second-order valence-electron chi connectivity index (χ2n) is 3.66. The molecule has 3 aromatic rings. The van der Waals surface area contributed by atoms with Crippen molar-refractivity contribution in [1.29, 1.82) is 0 Å². The number of nitrogens with two attached hydrogens (primary N) is 1. The molecular formula is C9H6F3N7. The zero-order valence-corrected chi connectivity index (χ0v) is 9.18. The summed E-state index contributed by atoms with van der Waals surface area (Å²) in [5.74, 6) is -0.315. The van der Waals surface area contributed by atoms with Crippen LogP contribution in [0, 0.1) is 0 Å². The van der Waals surface area contributed by atoms with Gasteiger partial charge in [-0.2, -0.15) is 13.2 Å². The maximum atomic E-state index is 12.9. The highest BCUT2D eigenvalue weighted by molar-refractivity contribution is 5.77. The molecular weight excluding hydrogens is 263 g/mol. The Hall–Kier alpha value is -2.65. The number of nitrogen functional groups attached to an aromatic ring is 1. The molecule has 0 amide bonds. The van der Waals surface area contributed by atoms with Gasteiger partial charge in [-0.15, -0.1) is 5.10 Å². The van der Waals surface area contributed by atoms with Gasteiger partial charge in [0, 0.05) is 6.07 Å². The molecule has 0 atom stereocenters. The third-order valence-corrected chi connectivity index (χ3v) is 2.42. The molecule has 0 bridgehead atoms. The van der Waals surface area contributed by atoms with Gasteiger partial charge in [-0.3, -0.25) is 0 Å². The van der Waals surface area contributed by atoms with Gasteiger partial charge in [-0.1, -0.05) is 0 Å². The number of fused-ring (bicyclic) bond motifs is 1. The number of aromatic amines is 1. The number of hydrogen-bond donors (Lipinski definition) is 2. The Morgan fingerprint density at radius 3 is 2.74 bits per heavy atom. The molecule has 0 aliphatic rings. The van der Waals surface area contributed by atoms with E-state index in [1.54, 1.807) is 0 Å². The van der Waals surface area contributed by atoms with Crippen LogP contribution in [0.5, 0.6) is 0 Å². The quantitative estimate of drug-likeness (QED) is 0.690. The van der Waals surface area contributed by atoms with E-state index >= 15 is 0 Å². The van der Waals surface area contributed by atoms with Crippen molar-refractivity contribution in [3.05, 3.63) is 24.4 Å². The Morgan fingerprint density at radius 1 is 1.21 bits per heavy atom. The fourth-order valence-electron chi connectivity index (χ4n) is 1.68. The zero-order chi connectivity index (χ0) is 13.6. The summed E-state index contributed by atoms with van der Waals surface area (Å²) in [6.45, 7) is 0. The van der Waals surface area contributed by atoms with Gasteiger partial charge in [0.2, 0.25) is 0 Å². The third-order valence-electron chi connectivity index (χ3n) is 2.42. The van der Waals surface area contributed by atoms with E-state index in [-0.39, 0.29) is 22.8 Å². The van der Waals surface area contributed by atoms with E-state index in [0.717, 1.165) is 12.4 Å². The average Bonchev–Trinajstić information content (AvgIpc) is 2.93. The summed E-state index contributed by atoms with van der Waals surface area (Å²) < 4.78 is 39.3. The van der Waals surface area contributed by atoms with Crippen LogP contribution in [0.4, 0.5) is 19.0 Å². The van der Waals surface area contributed by atoms with Gasteiger partial charge < -0.3 is 10.7 Å². The lowest BCUT2D eigenvalue weighted by atomic mass is 10.4. The summed E-state index contributed by atoms with van der Waals surface area (Å²) in [5, 5.41) is 3.61. The zero-order valence-electron chi connectivity index (χ0n) is 9.18. The van der Waals surface area contributed by atoms with Crippen molar-refractivity contribution >= 4 is 17.0 Å². The SMILES string of the molecule is Nc1cc(C(F)(F)F)n(-c2ncnc3nc[nH]c23)n1. The van der Waals surface area contributed by atoms with Crippen LogP contribution in [-0.4, -0.2) is 29.7 Å². The molecule has 0 saturated heterocycles. The highest BCUT2D eigenvalue weighted by atomic mass is 19.4. The number of nitrogens with zero attached hydrogens (tertiary/aromatic N) is 5. The molecule has 19 heavy (non-hydrogen) atoms. The minimum Gasteiger partial charge on any atom is -0.382 e. The average molecular weight is 269 g/mol. The maximum absolute atomic E-state index is 12.9. The van der Waals surface area contributed by atoms with Crippen molar-refractivity contribution in [3.63, 3.8) is 0 Å². The minimum atomic E-state index is -4.60. The number of rotatable bonds is 1. The van der Waals surface area contributed by atoms with Crippen LogP contribution in [0.25, 0.3) is 17.0 Å². The molecule has 7 nitrogen and oxygen atoms in total. The van der Waals surface area contributed by atoms with E-state index in [1.807, 2.05) is 0 Å². The number of imidazole rings is 1. The van der Waals surface area contributed by atoms with E-state index in [4.69, 9.17) is 5.73 Å². The lowest BCUT2D eigenvalue weighted by Crippen LogP contribution is -2.14. The van der Waals surface area contributed by atoms with Gasteiger partial charge in [0.15, 0.2) is 17.2 Å². The molecule has 0 aliphatic carbocycles. The second kappa shape index (κ2) is 3.67. The molecule has 3 aromatic heterocycles. The molecule has 0 unspecified atom stereocenters. The number of nitrogens with one attached hydrogen (secondary N) is 1. The van der Waals surface area contributed by atoms with Crippen molar-refractivity contribution in [3.8, 4) is 5.82 Å². The predicted octanol–water partition coefficient (Wildman–Crippen LogP) is 1.14.